The van der Waals surface area contributed by atoms with Crippen molar-refractivity contribution in [3.8, 4) is 34.6 Å². The Balaban J connectivity index is 1.67. The molecule has 0 aliphatic rings. The predicted octanol–water partition coefficient (Wildman–Crippen LogP) is 5.40. The van der Waals surface area contributed by atoms with Gasteiger partial charge in [-0.2, -0.15) is 0 Å². The lowest BCUT2D eigenvalue weighted by Gasteiger charge is -2.17. The highest BCUT2D eigenvalue weighted by atomic mass is 16.5. The maximum Gasteiger partial charge on any atom is 0.384 e. The summed E-state index contributed by atoms with van der Waals surface area (Å²) in [5.41, 5.74) is 5.14. The summed E-state index contributed by atoms with van der Waals surface area (Å²) in [5.74, 6) is 5.97. The van der Waals surface area contributed by atoms with Crippen molar-refractivity contribution >= 4 is 5.97 Å². The Morgan fingerprint density at radius 2 is 1.75 bits per heavy atom. The van der Waals surface area contributed by atoms with Crippen LogP contribution in [0.5, 0.6) is 11.6 Å². The number of nitrogens with zero attached hydrogens (tertiary/aromatic N) is 1. The number of benzene rings is 2. The molecule has 3 aromatic rings. The minimum Gasteiger partial charge on any atom is -0.489 e. The first kappa shape index (κ1) is 26.8. The third-order valence-corrected chi connectivity index (χ3v) is 5.59. The summed E-state index contributed by atoms with van der Waals surface area (Å²) < 4.78 is 16.5. The monoisotopic (exact) mass is 487 g/mol. The number of aryl methyl sites for hydroxylation is 1. The van der Waals surface area contributed by atoms with E-state index in [1.807, 2.05) is 49.4 Å². The molecule has 1 heterocycles. The summed E-state index contributed by atoms with van der Waals surface area (Å²) in [6.45, 7) is 10.4. The number of esters is 1. The fourth-order valence-corrected chi connectivity index (χ4v) is 3.53. The molecule has 3 rings (SSSR count). The summed E-state index contributed by atoms with van der Waals surface area (Å²) in [6.07, 6.45) is 0.528. The van der Waals surface area contributed by atoms with Gasteiger partial charge in [-0.1, -0.05) is 24.1 Å². The molecule has 0 aliphatic carbocycles. The van der Waals surface area contributed by atoms with Crippen LogP contribution in [0.15, 0.2) is 54.6 Å². The van der Waals surface area contributed by atoms with Crippen molar-refractivity contribution in [2.24, 2.45) is 0 Å². The SMILES string of the molecule is CCOC(=O)C#Cc1ccc(OCc2cccc(-c3ccc(OCCC(C)(C)O)nc3C)c2C)cc1. The largest absolute Gasteiger partial charge is 0.489 e. The minimum atomic E-state index is -0.769. The Hall–Kier alpha value is -3.82. The molecule has 6 nitrogen and oxygen atoms in total. The normalized spacial score (nSPS) is 10.8. The standard InChI is InChI=1S/C30H33NO5/c1-6-34-29(32)17-12-23-10-13-25(14-11-23)36-20-24-8-7-9-26(21(24)2)27-15-16-28(31-22(27)3)35-19-18-30(4,5)33/h7-11,13-16,33H,6,18-20H2,1-5H3. The number of aliphatic hydroxyl groups is 1. The van der Waals surface area contributed by atoms with E-state index in [2.05, 4.69) is 35.9 Å². The molecule has 36 heavy (non-hydrogen) atoms. The molecule has 0 saturated carbocycles. The maximum absolute atomic E-state index is 11.4. The summed E-state index contributed by atoms with van der Waals surface area (Å²) in [6, 6.07) is 17.3. The Labute approximate surface area is 213 Å². The molecule has 0 unspecified atom stereocenters. The Morgan fingerprint density at radius 3 is 2.42 bits per heavy atom. The van der Waals surface area contributed by atoms with Crippen LogP contribution in [0, 0.1) is 25.7 Å². The first-order chi connectivity index (χ1) is 17.2. The topological polar surface area (TPSA) is 77.9 Å². The molecule has 6 heteroatoms. The number of aromatic nitrogens is 1. The molecule has 0 spiro atoms. The van der Waals surface area contributed by atoms with Crippen LogP contribution < -0.4 is 9.47 Å². The van der Waals surface area contributed by atoms with Gasteiger partial charge in [-0.15, -0.1) is 0 Å². The van der Waals surface area contributed by atoms with Gasteiger partial charge in [-0.3, -0.25) is 0 Å². The van der Waals surface area contributed by atoms with Crippen molar-refractivity contribution in [1.82, 2.24) is 4.98 Å². The molecular weight excluding hydrogens is 454 g/mol. The number of carbonyl (C=O) groups excluding carboxylic acids is 1. The van der Waals surface area contributed by atoms with Crippen molar-refractivity contribution in [1.29, 1.82) is 0 Å². The Bertz CT molecular complexity index is 1250. The second-order valence-corrected chi connectivity index (χ2v) is 9.07. The molecule has 0 radical (unpaired) electrons. The van der Waals surface area contributed by atoms with Gasteiger partial charge >= 0.3 is 5.97 Å². The zero-order valence-electron chi connectivity index (χ0n) is 21.6. The van der Waals surface area contributed by atoms with Crippen LogP contribution >= 0.6 is 0 Å². The van der Waals surface area contributed by atoms with Crippen molar-refractivity contribution in [2.45, 2.75) is 53.2 Å². The van der Waals surface area contributed by atoms with E-state index in [1.165, 1.54) is 0 Å². The molecule has 188 valence electrons. The van der Waals surface area contributed by atoms with Gasteiger partial charge < -0.3 is 19.3 Å². The average molecular weight is 488 g/mol. The summed E-state index contributed by atoms with van der Waals surface area (Å²) in [7, 11) is 0. The number of hydrogen-bond donors (Lipinski definition) is 1. The third kappa shape index (κ3) is 7.86. The summed E-state index contributed by atoms with van der Waals surface area (Å²) in [4.78, 5) is 16.0. The van der Waals surface area contributed by atoms with Gasteiger partial charge in [0, 0.05) is 35.2 Å². The van der Waals surface area contributed by atoms with Gasteiger partial charge in [-0.25, -0.2) is 9.78 Å². The minimum absolute atomic E-state index is 0.306. The number of carbonyl (C=O) groups is 1. The van der Waals surface area contributed by atoms with E-state index in [4.69, 9.17) is 14.2 Å². The maximum atomic E-state index is 11.4. The predicted molar refractivity (Wildman–Crippen MR) is 140 cm³/mol. The first-order valence-electron chi connectivity index (χ1n) is 12.0. The second-order valence-electron chi connectivity index (χ2n) is 9.07. The van der Waals surface area contributed by atoms with E-state index in [9.17, 15) is 9.90 Å². The first-order valence-corrected chi connectivity index (χ1v) is 12.0. The highest BCUT2D eigenvalue weighted by Gasteiger charge is 2.14. The Kier molecular flexibility index (Phi) is 9.10. The molecule has 2 aromatic carbocycles. The zero-order valence-corrected chi connectivity index (χ0v) is 21.6. The van der Waals surface area contributed by atoms with Gasteiger partial charge in [0.25, 0.3) is 0 Å². The van der Waals surface area contributed by atoms with Crippen LogP contribution in [0.1, 0.15) is 49.6 Å². The molecule has 0 fully saturated rings. The number of hydrogen-bond acceptors (Lipinski definition) is 6. The van der Waals surface area contributed by atoms with E-state index in [0.717, 1.165) is 27.9 Å². The summed E-state index contributed by atoms with van der Waals surface area (Å²) in [5, 5.41) is 9.85. The molecule has 0 saturated heterocycles. The van der Waals surface area contributed by atoms with E-state index >= 15 is 0 Å². The second kappa shape index (κ2) is 12.2. The number of ether oxygens (including phenoxy) is 3. The van der Waals surface area contributed by atoms with Gasteiger partial charge in [0.15, 0.2) is 0 Å². The van der Waals surface area contributed by atoms with Crippen LogP contribution in [0.25, 0.3) is 11.1 Å². The van der Waals surface area contributed by atoms with Crippen molar-refractivity contribution in [3.05, 3.63) is 77.0 Å². The van der Waals surface area contributed by atoms with Crippen LogP contribution in [-0.4, -0.2) is 34.9 Å². The quantitative estimate of drug-likeness (QED) is 0.322. The number of rotatable bonds is 9. The lowest BCUT2D eigenvalue weighted by atomic mass is 9.96. The van der Waals surface area contributed by atoms with E-state index < -0.39 is 11.6 Å². The van der Waals surface area contributed by atoms with Crippen LogP contribution in [0.4, 0.5) is 0 Å². The molecule has 0 bridgehead atoms. The van der Waals surface area contributed by atoms with Crippen LogP contribution in [0.2, 0.25) is 0 Å². The van der Waals surface area contributed by atoms with Crippen molar-refractivity contribution < 1.29 is 24.1 Å². The highest BCUT2D eigenvalue weighted by Crippen LogP contribution is 2.30. The van der Waals surface area contributed by atoms with Crippen LogP contribution in [-0.2, 0) is 16.1 Å². The molecular formula is C30H33NO5. The van der Waals surface area contributed by atoms with E-state index in [0.29, 0.717) is 43.4 Å². The fourth-order valence-electron chi connectivity index (χ4n) is 3.53. The van der Waals surface area contributed by atoms with Crippen LogP contribution in [0.3, 0.4) is 0 Å². The van der Waals surface area contributed by atoms with E-state index in [1.54, 1.807) is 20.8 Å². The zero-order chi connectivity index (χ0) is 26.1. The average Bonchev–Trinajstić information content (AvgIpc) is 2.83. The summed E-state index contributed by atoms with van der Waals surface area (Å²) >= 11 is 0. The number of pyridine rings is 1. The molecule has 0 atom stereocenters. The molecule has 1 N–H and O–H groups in total. The molecule has 1 aromatic heterocycles. The van der Waals surface area contributed by atoms with Gasteiger partial charge in [0.05, 0.1) is 18.8 Å². The van der Waals surface area contributed by atoms with Gasteiger partial charge in [-0.05, 0) is 81.6 Å². The van der Waals surface area contributed by atoms with Gasteiger partial charge in [0.1, 0.15) is 12.4 Å². The van der Waals surface area contributed by atoms with Gasteiger partial charge in [0.2, 0.25) is 5.88 Å². The fraction of sp³-hybridized carbons (Fsp3) is 0.333. The van der Waals surface area contributed by atoms with Crippen molar-refractivity contribution in [3.63, 3.8) is 0 Å². The van der Waals surface area contributed by atoms with E-state index in [-0.39, 0.29) is 0 Å². The van der Waals surface area contributed by atoms with Crippen molar-refractivity contribution in [2.75, 3.05) is 13.2 Å². The Morgan fingerprint density at radius 1 is 1.00 bits per heavy atom. The molecule has 0 aliphatic heterocycles. The third-order valence-electron chi connectivity index (χ3n) is 5.59. The highest BCUT2D eigenvalue weighted by molar-refractivity contribution is 5.89. The lowest BCUT2D eigenvalue weighted by molar-refractivity contribution is -0.136. The molecule has 0 amide bonds. The smallest absolute Gasteiger partial charge is 0.384 e. The lowest BCUT2D eigenvalue weighted by Crippen LogP contribution is -2.22.